The van der Waals surface area contributed by atoms with Gasteiger partial charge in [0.2, 0.25) is 11.4 Å². The van der Waals surface area contributed by atoms with E-state index < -0.39 is 4.92 Å². The van der Waals surface area contributed by atoms with Crippen LogP contribution in [0.1, 0.15) is 84.0 Å². The summed E-state index contributed by atoms with van der Waals surface area (Å²) in [4.78, 5) is 31.4. The Labute approximate surface area is 161 Å². The SMILES string of the molecule is CCCCCCCC/C(=C\C/C=C\C/C(=C\CCC[C]=O)[N+](=O)[O-])[N+](=O)[O-]. The van der Waals surface area contributed by atoms with E-state index in [2.05, 4.69) is 6.92 Å². The highest BCUT2D eigenvalue weighted by Gasteiger charge is 2.09. The summed E-state index contributed by atoms with van der Waals surface area (Å²) in [5.41, 5.74) is 0.285. The number of hydrogen-bond donors (Lipinski definition) is 0. The summed E-state index contributed by atoms with van der Waals surface area (Å²) in [5, 5.41) is 22.0. The van der Waals surface area contributed by atoms with Gasteiger partial charge in [0.15, 0.2) is 6.29 Å². The Kier molecular flexibility index (Phi) is 15.7. The van der Waals surface area contributed by atoms with Gasteiger partial charge in [0.25, 0.3) is 0 Å². The molecule has 7 nitrogen and oxygen atoms in total. The van der Waals surface area contributed by atoms with E-state index in [0.717, 1.165) is 19.3 Å². The first-order chi connectivity index (χ1) is 13.0. The van der Waals surface area contributed by atoms with Crippen LogP contribution in [-0.2, 0) is 4.79 Å². The first kappa shape index (κ1) is 24.7. The van der Waals surface area contributed by atoms with Crippen molar-refractivity contribution in [3.05, 3.63) is 55.9 Å². The number of rotatable bonds is 17. The highest BCUT2D eigenvalue weighted by atomic mass is 16.6. The van der Waals surface area contributed by atoms with Gasteiger partial charge in [-0.25, -0.2) is 0 Å². The smallest absolute Gasteiger partial charge is 0.246 e. The number of allylic oxidation sites excluding steroid dienone is 5. The Balaban J connectivity index is 4.34. The predicted octanol–water partition coefficient (Wildman–Crippen LogP) is 5.67. The third kappa shape index (κ3) is 14.5. The largest absolute Gasteiger partial charge is 0.291 e. The van der Waals surface area contributed by atoms with Crippen LogP contribution in [-0.4, -0.2) is 16.1 Å². The minimum absolute atomic E-state index is 0.0720. The molecule has 0 bridgehead atoms. The monoisotopic (exact) mass is 379 g/mol. The van der Waals surface area contributed by atoms with Crippen molar-refractivity contribution >= 4 is 6.29 Å². The second kappa shape index (κ2) is 17.1. The molecule has 0 amide bonds. The Morgan fingerprint density at radius 3 is 2.19 bits per heavy atom. The van der Waals surface area contributed by atoms with Crippen molar-refractivity contribution in [2.75, 3.05) is 0 Å². The number of nitro groups is 2. The number of unbranched alkanes of at least 4 members (excludes halogenated alkanes) is 7. The van der Waals surface area contributed by atoms with Crippen molar-refractivity contribution in [1.82, 2.24) is 0 Å². The fourth-order valence-electron chi connectivity index (χ4n) is 2.53. The Morgan fingerprint density at radius 2 is 1.56 bits per heavy atom. The normalized spacial score (nSPS) is 12.5. The molecular formula is C20H31N2O5. The van der Waals surface area contributed by atoms with Crippen LogP contribution in [0.4, 0.5) is 0 Å². The molecule has 0 saturated carbocycles. The highest BCUT2D eigenvalue weighted by Crippen LogP contribution is 2.13. The van der Waals surface area contributed by atoms with Gasteiger partial charge in [-0.1, -0.05) is 51.2 Å². The molecule has 0 heterocycles. The van der Waals surface area contributed by atoms with Crippen LogP contribution >= 0.6 is 0 Å². The second-order valence-corrected chi connectivity index (χ2v) is 6.37. The summed E-state index contributed by atoms with van der Waals surface area (Å²) < 4.78 is 0. The Bertz CT molecular complexity index is 538. The van der Waals surface area contributed by atoms with Gasteiger partial charge in [-0.15, -0.1) is 0 Å². The van der Waals surface area contributed by atoms with Crippen LogP contribution < -0.4 is 0 Å². The standard InChI is InChI=1S/C20H31N2O5/c1-2-3-4-5-6-9-14-19(21(24)25)15-10-7-11-16-20(22(26)27)17-12-8-13-18-23/h7,11,15,17H,2-6,8-10,12-14,16H2,1H3/b11-7-,19-15+,20-17+. The Morgan fingerprint density at radius 1 is 0.889 bits per heavy atom. The minimum Gasteiger partial charge on any atom is -0.291 e. The van der Waals surface area contributed by atoms with E-state index in [4.69, 9.17) is 0 Å². The average molecular weight is 379 g/mol. The van der Waals surface area contributed by atoms with E-state index >= 15 is 0 Å². The van der Waals surface area contributed by atoms with Gasteiger partial charge >= 0.3 is 0 Å². The van der Waals surface area contributed by atoms with Crippen molar-refractivity contribution < 1.29 is 14.6 Å². The number of nitrogens with zero attached hydrogens (tertiary/aromatic N) is 2. The predicted molar refractivity (Wildman–Crippen MR) is 106 cm³/mol. The molecule has 0 aromatic rings. The Hall–Kier alpha value is -2.31. The minimum atomic E-state index is -0.439. The van der Waals surface area contributed by atoms with E-state index in [0.29, 0.717) is 25.7 Å². The molecule has 0 spiro atoms. The summed E-state index contributed by atoms with van der Waals surface area (Å²) in [6.07, 6.45) is 17.0. The lowest BCUT2D eigenvalue weighted by atomic mass is 10.1. The zero-order valence-corrected chi connectivity index (χ0v) is 16.2. The maximum absolute atomic E-state index is 11.1. The van der Waals surface area contributed by atoms with Crippen LogP contribution in [0.2, 0.25) is 0 Å². The fourth-order valence-corrected chi connectivity index (χ4v) is 2.53. The quantitative estimate of drug-likeness (QED) is 0.140. The molecular weight excluding hydrogens is 348 g/mol. The van der Waals surface area contributed by atoms with E-state index in [9.17, 15) is 25.0 Å². The van der Waals surface area contributed by atoms with Crippen LogP contribution in [0.25, 0.3) is 0 Å². The van der Waals surface area contributed by atoms with Crippen molar-refractivity contribution in [3.63, 3.8) is 0 Å². The first-order valence-corrected chi connectivity index (χ1v) is 9.69. The summed E-state index contributed by atoms with van der Waals surface area (Å²) >= 11 is 0. The van der Waals surface area contributed by atoms with Crippen molar-refractivity contribution in [1.29, 1.82) is 0 Å². The van der Waals surface area contributed by atoms with E-state index in [1.807, 2.05) is 0 Å². The zero-order chi connectivity index (χ0) is 20.3. The van der Waals surface area contributed by atoms with Crippen LogP contribution in [0.5, 0.6) is 0 Å². The van der Waals surface area contributed by atoms with Gasteiger partial charge in [0.1, 0.15) is 0 Å². The molecule has 0 aromatic heterocycles. The molecule has 1 radical (unpaired) electrons. The van der Waals surface area contributed by atoms with Gasteiger partial charge in [0, 0.05) is 12.8 Å². The number of hydrogen-bond acceptors (Lipinski definition) is 5. The third-order valence-electron chi connectivity index (χ3n) is 4.10. The molecule has 0 fully saturated rings. The van der Waals surface area contributed by atoms with E-state index in [-0.39, 0.29) is 29.2 Å². The van der Waals surface area contributed by atoms with Gasteiger partial charge in [-0.05, 0) is 37.8 Å². The molecule has 0 aliphatic rings. The lowest BCUT2D eigenvalue weighted by Gasteiger charge is -2.00. The molecule has 151 valence electrons. The first-order valence-electron chi connectivity index (χ1n) is 9.69. The maximum Gasteiger partial charge on any atom is 0.246 e. The molecule has 0 N–H and O–H groups in total. The van der Waals surface area contributed by atoms with Gasteiger partial charge in [-0.3, -0.25) is 25.0 Å². The van der Waals surface area contributed by atoms with E-state index in [1.165, 1.54) is 25.3 Å². The molecule has 27 heavy (non-hydrogen) atoms. The lowest BCUT2D eigenvalue weighted by Crippen LogP contribution is -1.99. The molecule has 0 aliphatic heterocycles. The maximum atomic E-state index is 11.1. The van der Waals surface area contributed by atoms with Gasteiger partial charge in [0.05, 0.1) is 16.3 Å². The third-order valence-corrected chi connectivity index (χ3v) is 4.10. The molecule has 0 rings (SSSR count). The topological polar surface area (TPSA) is 103 Å². The summed E-state index contributed by atoms with van der Waals surface area (Å²) in [5.74, 6) is 0. The second-order valence-electron chi connectivity index (χ2n) is 6.37. The highest BCUT2D eigenvalue weighted by molar-refractivity contribution is 5.50. The van der Waals surface area contributed by atoms with Gasteiger partial charge < -0.3 is 0 Å². The van der Waals surface area contributed by atoms with Crippen LogP contribution in [0, 0.1) is 20.2 Å². The van der Waals surface area contributed by atoms with Crippen LogP contribution in [0.3, 0.4) is 0 Å². The average Bonchev–Trinajstić information content (AvgIpc) is 2.63. The molecule has 0 saturated heterocycles. The van der Waals surface area contributed by atoms with Crippen molar-refractivity contribution in [2.45, 2.75) is 84.0 Å². The molecule has 0 aliphatic carbocycles. The van der Waals surface area contributed by atoms with Gasteiger partial charge in [-0.2, -0.15) is 0 Å². The van der Waals surface area contributed by atoms with Crippen molar-refractivity contribution in [3.8, 4) is 0 Å². The lowest BCUT2D eigenvalue weighted by molar-refractivity contribution is -0.428. The summed E-state index contributed by atoms with van der Waals surface area (Å²) in [7, 11) is 0. The zero-order valence-electron chi connectivity index (χ0n) is 16.2. The molecule has 0 aromatic carbocycles. The summed E-state index contributed by atoms with van der Waals surface area (Å²) in [6.45, 7) is 2.15. The fraction of sp³-hybridized carbons (Fsp3) is 0.650. The summed E-state index contributed by atoms with van der Waals surface area (Å²) in [6, 6.07) is 0. The van der Waals surface area contributed by atoms with Crippen LogP contribution in [0.15, 0.2) is 35.7 Å². The molecule has 0 atom stereocenters. The number of carbonyl (C=O) groups excluding carboxylic acids is 1. The van der Waals surface area contributed by atoms with E-state index in [1.54, 1.807) is 24.5 Å². The molecule has 0 unspecified atom stereocenters. The van der Waals surface area contributed by atoms with Crippen molar-refractivity contribution in [2.24, 2.45) is 0 Å². The molecule has 7 heteroatoms.